The summed E-state index contributed by atoms with van der Waals surface area (Å²) in [5.41, 5.74) is 9.19. The van der Waals surface area contributed by atoms with Crippen LogP contribution in [0, 0.1) is 33.6 Å². The van der Waals surface area contributed by atoms with Crippen LogP contribution in [0.1, 0.15) is 145 Å². The molecule has 4 saturated carbocycles. The van der Waals surface area contributed by atoms with E-state index in [0.717, 1.165) is 40.1 Å². The van der Waals surface area contributed by atoms with E-state index in [-0.39, 0.29) is 25.0 Å². The topological polar surface area (TPSA) is 18.5 Å². The first-order valence-corrected chi connectivity index (χ1v) is 22.2. The van der Waals surface area contributed by atoms with Crippen molar-refractivity contribution in [3.05, 3.63) is 46.5 Å². The fourth-order valence-electron chi connectivity index (χ4n) is 9.91. The largest absolute Gasteiger partial charge is 0.496 e. The molecule has 2 aromatic rings. The van der Waals surface area contributed by atoms with Gasteiger partial charge in [-0.1, -0.05) is 79.1 Å². The third-order valence-electron chi connectivity index (χ3n) is 12.1. The maximum absolute atomic E-state index is 5.60. The van der Waals surface area contributed by atoms with Gasteiger partial charge in [-0.05, 0) is 173 Å². The van der Waals surface area contributed by atoms with E-state index in [9.17, 15) is 0 Å². The number of benzene rings is 2. The number of methoxy groups -OCH3 is 2. The van der Waals surface area contributed by atoms with Gasteiger partial charge in [0.15, 0.2) is 0 Å². The van der Waals surface area contributed by atoms with Crippen molar-refractivity contribution in [3.8, 4) is 11.5 Å². The molecule has 1 atom stereocenters. The molecule has 0 spiro atoms. The Hall–Kier alpha value is -0.581. The van der Waals surface area contributed by atoms with E-state index < -0.39 is 0 Å². The summed E-state index contributed by atoms with van der Waals surface area (Å²) >= 11 is 0. The Kier molecular flexibility index (Phi) is 16.0. The summed E-state index contributed by atoms with van der Waals surface area (Å²) in [6.45, 7) is 11.4. The number of hydrogen-bond acceptors (Lipinski definition) is 2. The van der Waals surface area contributed by atoms with Crippen molar-refractivity contribution >= 4 is 26.5 Å². The molecule has 0 radical (unpaired) electrons. The van der Waals surface area contributed by atoms with Crippen LogP contribution in [-0.4, -0.2) is 36.9 Å². The molecule has 0 N–H and O–H groups in total. The van der Waals surface area contributed by atoms with Crippen molar-refractivity contribution in [2.75, 3.05) is 14.2 Å². The maximum atomic E-state index is 5.60. The molecule has 0 heterocycles. The van der Waals surface area contributed by atoms with Crippen molar-refractivity contribution in [3.63, 3.8) is 0 Å². The van der Waals surface area contributed by atoms with Crippen LogP contribution in [-0.2, 0) is 17.1 Å². The average Bonchev–Trinajstić information content (AvgIpc) is 3.78. The molecule has 4 aliphatic carbocycles. The summed E-state index contributed by atoms with van der Waals surface area (Å²) in [4.78, 5) is 0. The Morgan fingerprint density at radius 2 is 0.830 bits per heavy atom. The van der Waals surface area contributed by atoms with E-state index in [0.29, 0.717) is 7.92 Å². The first kappa shape index (κ1) is 39.2. The third kappa shape index (κ3) is 9.81. The quantitative estimate of drug-likeness (QED) is 0.190. The zero-order valence-corrected chi connectivity index (χ0v) is 33.9. The molecule has 4 fully saturated rings. The van der Waals surface area contributed by atoms with Gasteiger partial charge in [-0.3, -0.25) is 0 Å². The van der Waals surface area contributed by atoms with Crippen LogP contribution in [0.15, 0.2) is 24.3 Å². The predicted octanol–water partition coefficient (Wildman–Crippen LogP) is 12.0. The Labute approximate surface area is 302 Å². The van der Waals surface area contributed by atoms with E-state index in [1.165, 1.54) is 84.2 Å². The Bertz CT molecular complexity index is 1120. The van der Waals surface area contributed by atoms with Gasteiger partial charge < -0.3 is 9.47 Å². The zero-order valence-electron chi connectivity index (χ0n) is 31.0. The minimum absolute atomic E-state index is 0. The smallest absolute Gasteiger partial charge is 0.124 e. The van der Waals surface area contributed by atoms with E-state index in [1.54, 1.807) is 78.4 Å². The second-order valence-corrected chi connectivity index (χ2v) is 21.0. The fraction of sp³-hybridized carbons (Fsp3) is 0.714. The van der Waals surface area contributed by atoms with Gasteiger partial charge in [0.25, 0.3) is 0 Å². The molecule has 0 amide bonds. The molecule has 1 unspecified atom stereocenters. The summed E-state index contributed by atoms with van der Waals surface area (Å²) in [5, 5.41) is 2.98. The molecule has 6 rings (SSSR count). The van der Waals surface area contributed by atoms with E-state index in [4.69, 9.17) is 9.47 Å². The van der Waals surface area contributed by atoms with Crippen molar-refractivity contribution in [1.29, 1.82) is 0 Å². The Balaban J connectivity index is 0.000000215. The summed E-state index contributed by atoms with van der Waals surface area (Å²) in [6, 6.07) is 9.46. The maximum Gasteiger partial charge on any atom is 0.124 e. The molecule has 264 valence electrons. The molecule has 2 aromatic carbocycles. The van der Waals surface area contributed by atoms with Crippen LogP contribution in [0.25, 0.3) is 0 Å². The van der Waals surface area contributed by atoms with Crippen molar-refractivity contribution in [2.24, 2.45) is 5.92 Å². The van der Waals surface area contributed by atoms with Crippen molar-refractivity contribution in [1.82, 2.24) is 0 Å². The molecule has 0 saturated heterocycles. The average molecular weight is 721 g/mol. The molecule has 0 bridgehead atoms. The van der Waals surface area contributed by atoms with Crippen LogP contribution < -0.4 is 20.1 Å². The number of ether oxygens (including phenoxy) is 2. The second kappa shape index (κ2) is 19.1. The van der Waals surface area contributed by atoms with E-state index >= 15 is 0 Å². The van der Waals surface area contributed by atoms with Crippen LogP contribution in [0.4, 0.5) is 0 Å². The SMILES string of the molecule is CC(C1CCCC1)P(C1CCCCC1)C1CCCCC1.COc1c(C)cc(P(c2cc(C)c(OC)c(C)c2)C2CCCC2)cc1C.[Fe]. The molecule has 0 aliphatic heterocycles. The molecule has 0 aromatic heterocycles. The zero-order chi connectivity index (χ0) is 32.6. The van der Waals surface area contributed by atoms with Gasteiger partial charge >= 0.3 is 0 Å². The fourth-order valence-corrected chi connectivity index (χ4v) is 17.9. The molecule has 4 aliphatic rings. The van der Waals surface area contributed by atoms with Crippen LogP contribution in [0.5, 0.6) is 11.5 Å². The second-order valence-electron chi connectivity index (χ2n) is 15.3. The first-order valence-electron chi connectivity index (χ1n) is 19.2. The first-order chi connectivity index (χ1) is 22.3. The Morgan fingerprint density at radius 3 is 1.19 bits per heavy atom. The summed E-state index contributed by atoms with van der Waals surface area (Å²) in [6.07, 6.45) is 27.3. The minimum atomic E-state index is -0.363. The van der Waals surface area contributed by atoms with Crippen LogP contribution in [0.2, 0.25) is 0 Å². The molecule has 2 nitrogen and oxygen atoms in total. The van der Waals surface area contributed by atoms with E-state index in [2.05, 4.69) is 58.9 Å². The van der Waals surface area contributed by atoms with Gasteiger partial charge in [-0.15, -0.1) is 0 Å². The minimum Gasteiger partial charge on any atom is -0.496 e. The van der Waals surface area contributed by atoms with Crippen LogP contribution in [0.3, 0.4) is 0 Å². The molecule has 5 heteroatoms. The van der Waals surface area contributed by atoms with Crippen LogP contribution >= 0.6 is 15.8 Å². The summed E-state index contributed by atoms with van der Waals surface area (Å²) in [5.74, 6) is 3.17. The molecular weight excluding hydrogens is 654 g/mol. The van der Waals surface area contributed by atoms with Gasteiger partial charge in [-0.2, -0.15) is 0 Å². The van der Waals surface area contributed by atoms with Crippen molar-refractivity contribution in [2.45, 2.75) is 173 Å². The van der Waals surface area contributed by atoms with Gasteiger partial charge in [0.2, 0.25) is 0 Å². The monoisotopic (exact) mass is 720 g/mol. The Morgan fingerprint density at radius 1 is 0.511 bits per heavy atom. The normalized spacial score (nSPS) is 20.6. The van der Waals surface area contributed by atoms with Gasteiger partial charge in [-0.25, -0.2) is 0 Å². The summed E-state index contributed by atoms with van der Waals surface area (Å²) < 4.78 is 11.2. The van der Waals surface area contributed by atoms with Crippen molar-refractivity contribution < 1.29 is 26.5 Å². The third-order valence-corrected chi connectivity index (χ3v) is 19.0. The predicted molar refractivity (Wildman–Crippen MR) is 205 cm³/mol. The number of aryl methyl sites for hydroxylation is 4. The summed E-state index contributed by atoms with van der Waals surface area (Å²) in [7, 11) is 3.51. The van der Waals surface area contributed by atoms with Gasteiger partial charge in [0, 0.05) is 17.1 Å². The standard InChI is InChI=1S/C23H31O2P.C19H35P.Fe/c1-15-11-20(12-16(2)22(15)24-5)26(19-9-7-8-10-19)21-13-17(3)23(25-6)18(4)14-21;1-16(17-10-8-9-11-17)20(18-12-4-2-5-13-18)19-14-6-3-7-15-19;/h11-14,19H,7-10H2,1-6H3;16-19H,2-15H2,1H3;. The molecular formula is C42H66FeO2P2. The number of hydrogen-bond donors (Lipinski definition) is 0. The molecule has 47 heavy (non-hydrogen) atoms. The van der Waals surface area contributed by atoms with E-state index in [1.807, 2.05) is 0 Å². The number of rotatable bonds is 9. The van der Waals surface area contributed by atoms with Gasteiger partial charge in [0.05, 0.1) is 14.2 Å². The van der Waals surface area contributed by atoms with Gasteiger partial charge in [0.1, 0.15) is 11.5 Å².